The molecule has 1 aromatic heterocycles. The summed E-state index contributed by atoms with van der Waals surface area (Å²) in [7, 11) is 1.94. The predicted molar refractivity (Wildman–Crippen MR) is 107 cm³/mol. The van der Waals surface area contributed by atoms with Crippen molar-refractivity contribution in [1.29, 1.82) is 10.5 Å². The fourth-order valence-electron chi connectivity index (χ4n) is 3.69. The highest BCUT2D eigenvalue weighted by atomic mass is 16.5. The first-order valence-electron chi connectivity index (χ1n) is 8.88. The van der Waals surface area contributed by atoms with Crippen LogP contribution in [0.4, 0.5) is 0 Å². The molecule has 136 valence electrons. The second-order valence-electron chi connectivity index (χ2n) is 6.86. The smallest absolute Gasteiger partial charge is 0.205 e. The summed E-state index contributed by atoms with van der Waals surface area (Å²) in [5, 5.41) is 20.7. The van der Waals surface area contributed by atoms with Crippen LogP contribution < -0.4 is 5.73 Å². The maximum atomic E-state index is 10.0. The van der Waals surface area contributed by atoms with Crippen molar-refractivity contribution in [3.8, 4) is 12.1 Å². The molecule has 0 saturated carbocycles. The first-order valence-corrected chi connectivity index (χ1v) is 8.88. The Morgan fingerprint density at radius 2 is 1.68 bits per heavy atom. The molecule has 0 fully saturated rings. The van der Waals surface area contributed by atoms with Crippen LogP contribution >= 0.6 is 0 Å². The van der Waals surface area contributed by atoms with Crippen LogP contribution in [-0.2, 0) is 11.8 Å². The molecular formula is C23H18N4O. The van der Waals surface area contributed by atoms with Crippen LogP contribution in [0, 0.1) is 29.6 Å². The third kappa shape index (κ3) is 2.62. The molecule has 0 aliphatic carbocycles. The monoisotopic (exact) mass is 366 g/mol. The van der Waals surface area contributed by atoms with E-state index in [2.05, 4.69) is 12.1 Å². The van der Waals surface area contributed by atoms with Crippen LogP contribution in [0.5, 0.6) is 0 Å². The van der Waals surface area contributed by atoms with Gasteiger partial charge in [0.1, 0.15) is 11.6 Å². The van der Waals surface area contributed by atoms with Gasteiger partial charge in [-0.1, -0.05) is 48.0 Å². The third-order valence-corrected chi connectivity index (χ3v) is 5.09. The number of nitrogens with two attached hydrogens (primary N) is 1. The standard InChI is InChI=1S/C23H18N4O/c1-14-7-9-15(10-8-14)21-17(11-24)22(28-23(26)18(21)12-25)19-13-27(2)20-6-4-3-5-16(19)20/h3-10,13,21H,26H2,1-2H3. The van der Waals surface area contributed by atoms with E-state index < -0.39 is 5.92 Å². The van der Waals surface area contributed by atoms with E-state index in [0.29, 0.717) is 11.3 Å². The van der Waals surface area contributed by atoms with E-state index in [9.17, 15) is 10.5 Å². The largest absolute Gasteiger partial charge is 0.439 e. The Labute approximate surface area is 163 Å². The maximum Gasteiger partial charge on any atom is 0.205 e. The van der Waals surface area contributed by atoms with Crippen molar-refractivity contribution in [3.05, 3.63) is 88.4 Å². The van der Waals surface area contributed by atoms with Gasteiger partial charge in [0, 0.05) is 29.7 Å². The van der Waals surface area contributed by atoms with Crippen molar-refractivity contribution < 1.29 is 4.74 Å². The van der Waals surface area contributed by atoms with E-state index >= 15 is 0 Å². The minimum absolute atomic E-state index is 0.0370. The molecule has 0 amide bonds. The summed E-state index contributed by atoms with van der Waals surface area (Å²) in [5.74, 6) is -0.116. The first-order chi connectivity index (χ1) is 13.5. The quantitative estimate of drug-likeness (QED) is 0.735. The van der Waals surface area contributed by atoms with E-state index in [1.165, 1.54) is 0 Å². The number of hydrogen-bond donors (Lipinski definition) is 1. The van der Waals surface area contributed by atoms with Crippen LogP contribution in [0.25, 0.3) is 16.7 Å². The summed E-state index contributed by atoms with van der Waals surface area (Å²) < 4.78 is 7.84. The number of allylic oxidation sites excluding steroid dienone is 2. The average Bonchev–Trinajstić information content (AvgIpc) is 3.04. The summed E-state index contributed by atoms with van der Waals surface area (Å²) in [5.41, 5.74) is 10.5. The van der Waals surface area contributed by atoms with Crippen molar-refractivity contribution in [2.75, 3.05) is 0 Å². The average molecular weight is 366 g/mol. The fraction of sp³-hybridized carbons (Fsp3) is 0.130. The second kappa shape index (κ2) is 6.64. The minimum atomic E-state index is -0.557. The van der Waals surface area contributed by atoms with Crippen molar-refractivity contribution >= 4 is 16.7 Å². The molecule has 3 aromatic rings. The third-order valence-electron chi connectivity index (χ3n) is 5.09. The van der Waals surface area contributed by atoms with Crippen LogP contribution in [0.1, 0.15) is 22.6 Å². The molecule has 1 atom stereocenters. The molecule has 0 spiro atoms. The second-order valence-corrected chi connectivity index (χ2v) is 6.86. The molecular weight excluding hydrogens is 348 g/mol. The number of ether oxygens (including phenoxy) is 1. The van der Waals surface area contributed by atoms with Crippen LogP contribution in [0.15, 0.2) is 71.8 Å². The van der Waals surface area contributed by atoms with Crippen LogP contribution in [0.3, 0.4) is 0 Å². The van der Waals surface area contributed by atoms with Gasteiger partial charge in [0.2, 0.25) is 5.88 Å². The lowest BCUT2D eigenvalue weighted by Crippen LogP contribution is -2.20. The zero-order chi connectivity index (χ0) is 19.8. The Kier molecular flexibility index (Phi) is 4.14. The molecule has 2 N–H and O–H groups in total. The lowest BCUT2D eigenvalue weighted by Gasteiger charge is -2.26. The first kappa shape index (κ1) is 17.5. The Morgan fingerprint density at radius 3 is 2.36 bits per heavy atom. The highest BCUT2D eigenvalue weighted by Crippen LogP contribution is 2.43. The van der Waals surface area contributed by atoms with Gasteiger partial charge in [0.05, 0.1) is 17.6 Å². The van der Waals surface area contributed by atoms with Gasteiger partial charge in [0.15, 0.2) is 5.76 Å². The number of aryl methyl sites for hydroxylation is 2. The molecule has 1 aliphatic rings. The number of fused-ring (bicyclic) bond motifs is 1. The van der Waals surface area contributed by atoms with E-state index in [1.54, 1.807) is 0 Å². The van der Waals surface area contributed by atoms with Gasteiger partial charge in [-0.3, -0.25) is 0 Å². The molecule has 5 heteroatoms. The van der Waals surface area contributed by atoms with Gasteiger partial charge >= 0.3 is 0 Å². The van der Waals surface area contributed by atoms with Gasteiger partial charge in [-0.2, -0.15) is 10.5 Å². The minimum Gasteiger partial charge on any atom is -0.439 e. The Bertz CT molecular complexity index is 1230. The molecule has 0 bridgehead atoms. The molecule has 1 unspecified atom stereocenters. The number of para-hydroxylation sites is 1. The molecule has 2 heterocycles. The molecule has 5 nitrogen and oxygen atoms in total. The lowest BCUT2D eigenvalue weighted by molar-refractivity contribution is 0.358. The highest BCUT2D eigenvalue weighted by molar-refractivity contribution is 5.93. The number of benzene rings is 2. The van der Waals surface area contributed by atoms with Crippen molar-refractivity contribution in [2.24, 2.45) is 12.8 Å². The summed E-state index contributed by atoms with van der Waals surface area (Å²) in [6.07, 6.45) is 1.92. The summed E-state index contributed by atoms with van der Waals surface area (Å²) in [4.78, 5) is 0. The van der Waals surface area contributed by atoms with Gasteiger partial charge in [0.25, 0.3) is 0 Å². The van der Waals surface area contributed by atoms with E-state index in [1.807, 2.05) is 73.3 Å². The summed E-state index contributed by atoms with van der Waals surface area (Å²) >= 11 is 0. The SMILES string of the molecule is Cc1ccc(C2C(C#N)=C(N)OC(c3cn(C)c4ccccc34)=C2C#N)cc1. The number of nitriles is 2. The molecule has 4 rings (SSSR count). The zero-order valence-electron chi connectivity index (χ0n) is 15.6. The van der Waals surface area contributed by atoms with E-state index in [0.717, 1.165) is 27.6 Å². The number of hydrogen-bond acceptors (Lipinski definition) is 4. The Morgan fingerprint density at radius 1 is 1.00 bits per heavy atom. The zero-order valence-corrected chi connectivity index (χ0v) is 15.6. The van der Waals surface area contributed by atoms with Gasteiger partial charge in [-0.25, -0.2) is 0 Å². The van der Waals surface area contributed by atoms with Gasteiger partial charge in [-0.15, -0.1) is 0 Å². The van der Waals surface area contributed by atoms with Crippen LogP contribution in [0.2, 0.25) is 0 Å². The van der Waals surface area contributed by atoms with E-state index in [-0.39, 0.29) is 11.5 Å². The normalized spacial score (nSPS) is 16.6. The maximum absolute atomic E-state index is 10.0. The number of nitrogens with zero attached hydrogens (tertiary/aromatic N) is 3. The molecule has 1 aliphatic heterocycles. The van der Waals surface area contributed by atoms with Crippen molar-refractivity contribution in [2.45, 2.75) is 12.8 Å². The van der Waals surface area contributed by atoms with Crippen LogP contribution in [-0.4, -0.2) is 4.57 Å². The summed E-state index contributed by atoms with van der Waals surface area (Å²) in [6.45, 7) is 1.99. The molecule has 0 radical (unpaired) electrons. The highest BCUT2D eigenvalue weighted by Gasteiger charge is 2.34. The lowest BCUT2D eigenvalue weighted by atomic mass is 9.82. The van der Waals surface area contributed by atoms with Gasteiger partial charge in [-0.05, 0) is 18.6 Å². The van der Waals surface area contributed by atoms with Crippen molar-refractivity contribution in [1.82, 2.24) is 4.57 Å². The molecule has 28 heavy (non-hydrogen) atoms. The number of rotatable bonds is 2. The molecule has 2 aromatic carbocycles. The van der Waals surface area contributed by atoms with E-state index in [4.69, 9.17) is 10.5 Å². The fourth-order valence-corrected chi connectivity index (χ4v) is 3.69. The molecule has 0 saturated heterocycles. The number of aromatic nitrogens is 1. The Balaban J connectivity index is 1.99. The Hall–Kier alpha value is -3.96. The summed E-state index contributed by atoms with van der Waals surface area (Å²) in [6, 6.07) is 20.1. The van der Waals surface area contributed by atoms with Gasteiger partial charge < -0.3 is 15.0 Å². The topological polar surface area (TPSA) is 87.8 Å². The predicted octanol–water partition coefficient (Wildman–Crippen LogP) is 4.23. The van der Waals surface area contributed by atoms with Crippen molar-refractivity contribution in [3.63, 3.8) is 0 Å².